The molecular formula is C20H19N3O4. The Hall–Kier alpha value is -3.35. The van der Waals surface area contributed by atoms with Crippen molar-refractivity contribution in [2.75, 3.05) is 12.4 Å². The van der Waals surface area contributed by atoms with Crippen LogP contribution in [0, 0.1) is 0 Å². The molecule has 0 radical (unpaired) electrons. The number of hydrogen-bond donors (Lipinski definition) is 1. The number of amides is 1. The van der Waals surface area contributed by atoms with Gasteiger partial charge in [-0.3, -0.25) is 4.79 Å². The molecule has 2 heterocycles. The highest BCUT2D eigenvalue weighted by atomic mass is 16.5. The van der Waals surface area contributed by atoms with Gasteiger partial charge in [-0.2, -0.15) is 0 Å². The summed E-state index contributed by atoms with van der Waals surface area (Å²) in [5.41, 5.74) is 0.825. The number of carbonyl (C=O) groups is 1. The van der Waals surface area contributed by atoms with E-state index in [0.717, 1.165) is 18.6 Å². The summed E-state index contributed by atoms with van der Waals surface area (Å²) < 4.78 is 16.2. The van der Waals surface area contributed by atoms with E-state index < -0.39 is 0 Å². The summed E-state index contributed by atoms with van der Waals surface area (Å²) in [5.74, 6) is 2.49. The fourth-order valence-electron chi connectivity index (χ4n) is 2.71. The van der Waals surface area contributed by atoms with E-state index in [0.29, 0.717) is 29.1 Å². The monoisotopic (exact) mass is 365 g/mol. The first kappa shape index (κ1) is 17.1. The van der Waals surface area contributed by atoms with E-state index >= 15 is 0 Å². The van der Waals surface area contributed by atoms with E-state index in [2.05, 4.69) is 15.3 Å². The van der Waals surface area contributed by atoms with Crippen molar-refractivity contribution in [3.63, 3.8) is 0 Å². The lowest BCUT2D eigenvalue weighted by molar-refractivity contribution is 0.102. The normalized spacial score (nSPS) is 13.7. The summed E-state index contributed by atoms with van der Waals surface area (Å²) in [6, 6.07) is 10.6. The van der Waals surface area contributed by atoms with Gasteiger partial charge in [0, 0.05) is 12.0 Å². The summed E-state index contributed by atoms with van der Waals surface area (Å²) >= 11 is 0. The van der Waals surface area contributed by atoms with Crippen molar-refractivity contribution in [2.24, 2.45) is 0 Å². The number of benzene rings is 1. The molecule has 1 amide bonds. The van der Waals surface area contributed by atoms with Gasteiger partial charge in [-0.1, -0.05) is 6.42 Å². The highest BCUT2D eigenvalue weighted by Gasteiger charge is 2.25. The molecule has 1 N–H and O–H groups in total. The molecule has 27 heavy (non-hydrogen) atoms. The van der Waals surface area contributed by atoms with Gasteiger partial charge in [0.1, 0.15) is 17.8 Å². The third-order valence-corrected chi connectivity index (χ3v) is 4.49. The van der Waals surface area contributed by atoms with Gasteiger partial charge in [0.15, 0.2) is 11.6 Å². The third kappa shape index (κ3) is 3.92. The first-order chi connectivity index (χ1) is 13.2. The van der Waals surface area contributed by atoms with E-state index in [-0.39, 0.29) is 11.6 Å². The molecule has 138 valence electrons. The van der Waals surface area contributed by atoms with Crippen molar-refractivity contribution in [1.29, 1.82) is 0 Å². The number of oxazole rings is 1. The molecule has 2 aromatic heterocycles. The van der Waals surface area contributed by atoms with E-state index in [9.17, 15) is 4.79 Å². The zero-order chi connectivity index (χ0) is 18.6. The minimum Gasteiger partial charge on any atom is -0.497 e. The topological polar surface area (TPSA) is 86.5 Å². The van der Waals surface area contributed by atoms with Crippen molar-refractivity contribution >= 4 is 11.6 Å². The first-order valence-corrected chi connectivity index (χ1v) is 8.76. The molecule has 7 nitrogen and oxygen atoms in total. The molecule has 1 aromatic carbocycles. The molecule has 1 aliphatic rings. The Kier molecular flexibility index (Phi) is 4.74. The number of anilines is 1. The van der Waals surface area contributed by atoms with E-state index in [4.69, 9.17) is 13.9 Å². The summed E-state index contributed by atoms with van der Waals surface area (Å²) in [6.45, 7) is 0. The van der Waals surface area contributed by atoms with Gasteiger partial charge in [0.25, 0.3) is 5.91 Å². The van der Waals surface area contributed by atoms with Crippen LogP contribution in [0.25, 0.3) is 0 Å². The molecule has 0 saturated heterocycles. The highest BCUT2D eigenvalue weighted by Crippen LogP contribution is 2.35. The molecule has 1 saturated carbocycles. The first-order valence-electron chi connectivity index (χ1n) is 8.76. The second-order valence-electron chi connectivity index (χ2n) is 6.32. The Bertz CT molecular complexity index is 915. The van der Waals surface area contributed by atoms with Crippen LogP contribution in [0.2, 0.25) is 0 Å². The molecule has 7 heteroatoms. The number of ether oxygens (including phenoxy) is 2. The lowest BCUT2D eigenvalue weighted by Gasteiger charge is -2.21. The van der Waals surface area contributed by atoms with Crippen molar-refractivity contribution < 1.29 is 18.7 Å². The van der Waals surface area contributed by atoms with E-state index in [1.54, 1.807) is 43.5 Å². The Morgan fingerprint density at radius 2 is 1.93 bits per heavy atom. The van der Waals surface area contributed by atoms with Crippen molar-refractivity contribution in [2.45, 2.75) is 25.2 Å². The van der Waals surface area contributed by atoms with E-state index in [1.165, 1.54) is 18.9 Å². The van der Waals surface area contributed by atoms with Crippen LogP contribution in [0.1, 0.15) is 41.6 Å². The zero-order valence-corrected chi connectivity index (χ0v) is 14.8. The third-order valence-electron chi connectivity index (χ3n) is 4.49. The molecule has 0 aliphatic heterocycles. The van der Waals surface area contributed by atoms with Crippen LogP contribution < -0.4 is 14.8 Å². The number of nitrogens with one attached hydrogen (secondary N) is 1. The van der Waals surface area contributed by atoms with Gasteiger partial charge >= 0.3 is 0 Å². The number of pyridine rings is 1. The molecule has 0 unspecified atom stereocenters. The Morgan fingerprint density at radius 1 is 1.15 bits per heavy atom. The number of hydrogen-bond acceptors (Lipinski definition) is 6. The summed E-state index contributed by atoms with van der Waals surface area (Å²) in [4.78, 5) is 20.8. The summed E-state index contributed by atoms with van der Waals surface area (Å²) in [6.07, 6.45) is 6.26. The number of rotatable bonds is 6. The second-order valence-corrected chi connectivity index (χ2v) is 6.32. The number of methoxy groups -OCH3 is 1. The van der Waals surface area contributed by atoms with Crippen LogP contribution in [0.3, 0.4) is 0 Å². The SMILES string of the molecule is COc1ccc(Oc2ccc(NC(=O)c3coc(C4CCC4)n3)cn2)cc1. The summed E-state index contributed by atoms with van der Waals surface area (Å²) in [5, 5.41) is 2.76. The maximum Gasteiger partial charge on any atom is 0.277 e. The van der Waals surface area contributed by atoms with Gasteiger partial charge in [-0.05, 0) is 43.2 Å². The Balaban J connectivity index is 1.36. The van der Waals surface area contributed by atoms with Crippen LogP contribution in [0.4, 0.5) is 5.69 Å². The standard InChI is InChI=1S/C20H19N3O4/c1-25-15-6-8-16(9-7-15)27-18-10-5-14(11-21-18)22-19(24)17-12-26-20(23-17)13-3-2-4-13/h5-13H,2-4H2,1H3,(H,22,24). The Labute approximate surface area is 156 Å². The number of nitrogens with zero attached hydrogens (tertiary/aromatic N) is 2. The maximum atomic E-state index is 12.3. The molecular weight excluding hydrogens is 346 g/mol. The van der Waals surface area contributed by atoms with Crippen LogP contribution >= 0.6 is 0 Å². The van der Waals surface area contributed by atoms with Gasteiger partial charge in [0.2, 0.25) is 5.88 Å². The van der Waals surface area contributed by atoms with Crippen molar-refractivity contribution in [3.8, 4) is 17.4 Å². The second kappa shape index (κ2) is 7.49. The van der Waals surface area contributed by atoms with Crippen LogP contribution in [0.15, 0.2) is 53.3 Å². The van der Waals surface area contributed by atoms with Crippen molar-refractivity contribution in [1.82, 2.24) is 9.97 Å². The van der Waals surface area contributed by atoms with Crippen molar-refractivity contribution in [3.05, 3.63) is 60.4 Å². The predicted octanol–water partition coefficient (Wildman–Crippen LogP) is 4.39. The van der Waals surface area contributed by atoms with Gasteiger partial charge < -0.3 is 19.2 Å². The largest absolute Gasteiger partial charge is 0.497 e. The fourth-order valence-corrected chi connectivity index (χ4v) is 2.71. The maximum absolute atomic E-state index is 12.3. The highest BCUT2D eigenvalue weighted by molar-refractivity contribution is 6.02. The van der Waals surface area contributed by atoms with E-state index in [1.807, 2.05) is 0 Å². The quantitative estimate of drug-likeness (QED) is 0.697. The fraction of sp³-hybridized carbons (Fsp3) is 0.250. The van der Waals surface area contributed by atoms with Crippen LogP contribution in [-0.4, -0.2) is 23.0 Å². The minimum atomic E-state index is -0.324. The molecule has 1 aliphatic carbocycles. The molecule has 0 bridgehead atoms. The van der Waals surface area contributed by atoms with Gasteiger partial charge in [-0.15, -0.1) is 0 Å². The average molecular weight is 365 g/mol. The average Bonchev–Trinajstić information content (AvgIpc) is 3.12. The Morgan fingerprint density at radius 3 is 2.56 bits per heavy atom. The molecule has 3 aromatic rings. The summed E-state index contributed by atoms with van der Waals surface area (Å²) in [7, 11) is 1.61. The van der Waals surface area contributed by atoms with Crippen LogP contribution in [-0.2, 0) is 0 Å². The molecule has 1 fully saturated rings. The number of aromatic nitrogens is 2. The van der Waals surface area contributed by atoms with Gasteiger partial charge in [0.05, 0.1) is 19.0 Å². The molecule has 0 spiro atoms. The molecule has 0 atom stereocenters. The van der Waals surface area contributed by atoms with Gasteiger partial charge in [-0.25, -0.2) is 9.97 Å². The molecule has 4 rings (SSSR count). The minimum absolute atomic E-state index is 0.274. The smallest absolute Gasteiger partial charge is 0.277 e. The lowest BCUT2D eigenvalue weighted by atomic mass is 9.85. The lowest BCUT2D eigenvalue weighted by Crippen LogP contribution is -2.14. The number of carbonyl (C=O) groups excluding carboxylic acids is 1. The zero-order valence-electron chi connectivity index (χ0n) is 14.8. The predicted molar refractivity (Wildman–Crippen MR) is 98.4 cm³/mol. The van der Waals surface area contributed by atoms with Crippen LogP contribution in [0.5, 0.6) is 17.4 Å².